The van der Waals surface area contributed by atoms with Crippen LogP contribution in [0.5, 0.6) is 0 Å². The largest absolute Gasteiger partial charge is 0.387 e. The fraction of sp³-hybridized carbons (Fsp3) is 0.538. The van der Waals surface area contributed by atoms with Gasteiger partial charge < -0.3 is 5.11 Å². The highest BCUT2D eigenvalue weighted by Gasteiger charge is 2.36. The number of likely N-dealkylation sites (tertiary alicyclic amines) is 1. The quantitative estimate of drug-likeness (QED) is 0.742. The second-order valence-corrected chi connectivity index (χ2v) is 4.68. The Morgan fingerprint density at radius 1 is 1.38 bits per heavy atom. The molecule has 0 aliphatic carbocycles. The third kappa shape index (κ3) is 2.61. The summed E-state index contributed by atoms with van der Waals surface area (Å²) in [5.41, 5.74) is 4.73. The minimum atomic E-state index is -0.136. The van der Waals surface area contributed by atoms with Gasteiger partial charge in [0.05, 0.1) is 6.54 Å². The number of quaternary nitrogens is 1. The first kappa shape index (κ1) is 11.6. The zero-order chi connectivity index (χ0) is 11.4. The predicted molar refractivity (Wildman–Crippen MR) is 64.7 cm³/mol. The van der Waals surface area contributed by atoms with Gasteiger partial charge in [0.1, 0.15) is 19.2 Å². The number of hydrogen-bond acceptors (Lipinski definition) is 2. The fourth-order valence-corrected chi connectivity index (χ4v) is 2.49. The van der Waals surface area contributed by atoms with Crippen molar-refractivity contribution in [1.82, 2.24) is 5.43 Å². The molecule has 2 N–H and O–H groups in total. The summed E-state index contributed by atoms with van der Waals surface area (Å²) in [4.78, 5) is 0. The molecule has 3 nitrogen and oxygen atoms in total. The van der Waals surface area contributed by atoms with Gasteiger partial charge in [0.2, 0.25) is 0 Å². The highest BCUT2D eigenvalue weighted by Crippen LogP contribution is 2.17. The van der Waals surface area contributed by atoms with E-state index in [0.717, 1.165) is 37.1 Å². The van der Waals surface area contributed by atoms with Gasteiger partial charge in [-0.1, -0.05) is 30.3 Å². The van der Waals surface area contributed by atoms with Crippen molar-refractivity contribution >= 4 is 0 Å². The van der Waals surface area contributed by atoms with Crippen LogP contribution in [0.1, 0.15) is 12.0 Å². The van der Waals surface area contributed by atoms with Crippen molar-refractivity contribution in [1.29, 1.82) is 0 Å². The summed E-state index contributed by atoms with van der Waals surface area (Å²) < 4.78 is 0.843. The zero-order valence-electron chi connectivity index (χ0n) is 9.89. The van der Waals surface area contributed by atoms with Crippen molar-refractivity contribution in [3.05, 3.63) is 35.9 Å². The Hall–Kier alpha value is -0.900. The second kappa shape index (κ2) is 4.95. The zero-order valence-corrected chi connectivity index (χ0v) is 9.89. The van der Waals surface area contributed by atoms with E-state index in [4.69, 9.17) is 0 Å². The Labute approximate surface area is 97.3 Å². The number of nitrogens with zero attached hydrogens (tertiary/aromatic N) is 1. The van der Waals surface area contributed by atoms with Gasteiger partial charge in [-0.05, 0) is 5.56 Å². The normalized spacial score (nSPS) is 29.5. The van der Waals surface area contributed by atoms with Crippen LogP contribution in [0.25, 0.3) is 0 Å². The van der Waals surface area contributed by atoms with E-state index in [1.807, 2.05) is 13.1 Å². The van der Waals surface area contributed by atoms with Gasteiger partial charge in [0, 0.05) is 19.9 Å². The molecule has 0 amide bonds. The first-order valence-corrected chi connectivity index (χ1v) is 6.01. The molecule has 0 unspecified atom stereocenters. The molecule has 0 saturated carbocycles. The van der Waals surface area contributed by atoms with Crippen LogP contribution in [0.2, 0.25) is 0 Å². The van der Waals surface area contributed by atoms with Crippen molar-refractivity contribution in [3.8, 4) is 0 Å². The molecule has 88 valence electrons. The Kier molecular flexibility index (Phi) is 3.59. The van der Waals surface area contributed by atoms with Crippen LogP contribution < -0.4 is 5.43 Å². The van der Waals surface area contributed by atoms with Gasteiger partial charge in [0.15, 0.2) is 0 Å². The first-order valence-electron chi connectivity index (χ1n) is 6.01. The highest BCUT2D eigenvalue weighted by molar-refractivity contribution is 5.14. The van der Waals surface area contributed by atoms with E-state index in [9.17, 15) is 5.11 Å². The van der Waals surface area contributed by atoms with Crippen LogP contribution >= 0.6 is 0 Å². The molecular formula is C13H21N2O+. The smallest absolute Gasteiger partial charge is 0.123 e. The van der Waals surface area contributed by atoms with Crippen LogP contribution in [-0.2, 0) is 6.42 Å². The van der Waals surface area contributed by atoms with Gasteiger partial charge in [-0.3, -0.25) is 0 Å². The summed E-state index contributed by atoms with van der Waals surface area (Å²) >= 11 is 0. The second-order valence-electron chi connectivity index (χ2n) is 4.68. The average molecular weight is 221 g/mol. The summed E-state index contributed by atoms with van der Waals surface area (Å²) in [6.07, 6.45) is 1.84. The lowest BCUT2D eigenvalue weighted by Crippen LogP contribution is -2.56. The Morgan fingerprint density at radius 3 is 2.69 bits per heavy atom. The maximum Gasteiger partial charge on any atom is 0.123 e. The molecule has 1 aromatic rings. The molecule has 3 heteroatoms. The van der Waals surface area contributed by atoms with Crippen molar-refractivity contribution in [2.24, 2.45) is 0 Å². The number of benzene rings is 1. The number of hydrogen-bond donors (Lipinski definition) is 2. The van der Waals surface area contributed by atoms with E-state index >= 15 is 0 Å². The van der Waals surface area contributed by atoms with Gasteiger partial charge in [-0.2, -0.15) is 5.43 Å². The minimum absolute atomic E-state index is 0.136. The van der Waals surface area contributed by atoms with Crippen molar-refractivity contribution < 1.29 is 9.70 Å². The van der Waals surface area contributed by atoms with E-state index in [0.29, 0.717) is 0 Å². The molecule has 1 aliphatic heterocycles. The average Bonchev–Trinajstić information content (AvgIpc) is 2.71. The van der Waals surface area contributed by atoms with E-state index in [-0.39, 0.29) is 6.10 Å². The lowest BCUT2D eigenvalue weighted by atomic mass is 10.1. The molecule has 2 atom stereocenters. The van der Waals surface area contributed by atoms with Crippen LogP contribution in [0, 0.1) is 0 Å². The molecule has 2 rings (SSSR count). The standard InChI is InChI=1S/C13H21N2O/c1-14-15(10-8-13(16)11-15)9-7-12-5-3-2-4-6-12/h2-6,13-14,16H,7-11H2,1H3/q+1/t13-,15-/m0/s1. The first-order chi connectivity index (χ1) is 7.74. The van der Waals surface area contributed by atoms with Gasteiger partial charge in [-0.25, -0.2) is 4.59 Å². The molecule has 0 radical (unpaired) electrons. The monoisotopic (exact) mass is 221 g/mol. The van der Waals surface area contributed by atoms with Gasteiger partial charge in [-0.15, -0.1) is 0 Å². The van der Waals surface area contributed by atoms with E-state index in [1.54, 1.807) is 0 Å². The third-order valence-corrected chi connectivity index (χ3v) is 3.60. The molecule has 1 aromatic carbocycles. The Morgan fingerprint density at radius 2 is 2.12 bits per heavy atom. The Balaban J connectivity index is 1.93. The highest BCUT2D eigenvalue weighted by atomic mass is 16.3. The van der Waals surface area contributed by atoms with Crippen LogP contribution in [0.15, 0.2) is 30.3 Å². The lowest BCUT2D eigenvalue weighted by molar-refractivity contribution is -0.957. The van der Waals surface area contributed by atoms with Crippen LogP contribution in [-0.4, -0.2) is 42.5 Å². The summed E-state index contributed by atoms with van der Waals surface area (Å²) in [6, 6.07) is 10.5. The minimum Gasteiger partial charge on any atom is -0.387 e. The maximum absolute atomic E-state index is 9.64. The molecule has 16 heavy (non-hydrogen) atoms. The molecule has 1 fully saturated rings. The van der Waals surface area contributed by atoms with Gasteiger partial charge in [0.25, 0.3) is 0 Å². The fourth-order valence-electron chi connectivity index (χ4n) is 2.49. The SMILES string of the molecule is CN[N@@+]1(CCc2ccccc2)CC[C@H](O)C1. The van der Waals surface area contributed by atoms with Crippen LogP contribution in [0.4, 0.5) is 0 Å². The summed E-state index contributed by atoms with van der Waals surface area (Å²) in [6.45, 7) is 2.92. The van der Waals surface area contributed by atoms with Gasteiger partial charge >= 0.3 is 0 Å². The van der Waals surface area contributed by atoms with E-state index < -0.39 is 0 Å². The van der Waals surface area contributed by atoms with Crippen molar-refractivity contribution in [2.75, 3.05) is 26.7 Å². The van der Waals surface area contributed by atoms with E-state index in [2.05, 4.69) is 29.7 Å². The maximum atomic E-state index is 9.64. The number of rotatable bonds is 4. The summed E-state index contributed by atoms with van der Waals surface area (Å²) in [5, 5.41) is 9.64. The third-order valence-electron chi connectivity index (χ3n) is 3.60. The van der Waals surface area contributed by atoms with Crippen LogP contribution in [0.3, 0.4) is 0 Å². The molecule has 1 aliphatic rings. The molecule has 0 spiro atoms. The molecule has 1 heterocycles. The summed E-state index contributed by atoms with van der Waals surface area (Å²) in [5.74, 6) is 0. The molecule has 0 aromatic heterocycles. The Bertz CT molecular complexity index is 328. The number of aliphatic hydroxyl groups is 1. The lowest BCUT2D eigenvalue weighted by Gasteiger charge is -2.32. The molecule has 0 bridgehead atoms. The predicted octanol–water partition coefficient (Wildman–Crippen LogP) is 0.945. The summed E-state index contributed by atoms with van der Waals surface area (Å²) in [7, 11) is 1.99. The van der Waals surface area contributed by atoms with Crippen molar-refractivity contribution in [3.63, 3.8) is 0 Å². The number of nitrogens with one attached hydrogen (secondary N) is 1. The molecule has 1 saturated heterocycles. The van der Waals surface area contributed by atoms with Crippen molar-refractivity contribution in [2.45, 2.75) is 18.9 Å². The number of aliphatic hydroxyl groups excluding tert-OH is 1. The van der Waals surface area contributed by atoms with E-state index in [1.165, 1.54) is 5.56 Å². The topological polar surface area (TPSA) is 32.3 Å². The molecular weight excluding hydrogens is 200 g/mol.